The molecular weight excluding hydrogens is 315 g/mol. The summed E-state index contributed by atoms with van der Waals surface area (Å²) in [5, 5.41) is 2.93. The number of halogens is 1. The normalized spacial score (nSPS) is 11.5. The Balaban J connectivity index is 2.55. The van der Waals surface area contributed by atoms with Crippen molar-refractivity contribution >= 4 is 23.2 Å². The number of rotatable bonds is 5. The Kier molecular flexibility index (Phi) is 5.62. The average molecular weight is 340 g/mol. The van der Waals surface area contributed by atoms with Crippen LogP contribution in [-0.4, -0.2) is 10.9 Å². The van der Waals surface area contributed by atoms with Crippen LogP contribution in [0.15, 0.2) is 30.4 Å². The monoisotopic (exact) mass is 340 g/mol. The molecule has 132 valence electrons. The molecule has 0 atom stereocenters. The Morgan fingerprint density at radius 3 is 2.60 bits per heavy atom. The lowest BCUT2D eigenvalue weighted by molar-refractivity contribution is -0.115. The van der Waals surface area contributed by atoms with E-state index in [1.165, 1.54) is 12.1 Å². The van der Waals surface area contributed by atoms with Gasteiger partial charge in [0.05, 0.1) is 5.69 Å². The first-order valence-electron chi connectivity index (χ1n) is 8.37. The van der Waals surface area contributed by atoms with Crippen LogP contribution in [0.3, 0.4) is 0 Å². The van der Waals surface area contributed by atoms with E-state index in [1.54, 1.807) is 6.07 Å². The zero-order chi connectivity index (χ0) is 18.7. The molecule has 25 heavy (non-hydrogen) atoms. The molecule has 2 aromatic rings. The van der Waals surface area contributed by atoms with Crippen LogP contribution in [0.1, 0.15) is 48.3 Å². The molecule has 2 N–H and O–H groups in total. The van der Waals surface area contributed by atoms with Crippen molar-refractivity contribution in [1.29, 1.82) is 0 Å². The number of amides is 1. The maximum absolute atomic E-state index is 13.7. The van der Waals surface area contributed by atoms with Crippen LogP contribution < -0.4 is 5.32 Å². The number of carbonyl (C=O) groups excluding carboxylic acids is 1. The molecule has 1 amide bonds. The molecule has 1 aromatic carbocycles. The van der Waals surface area contributed by atoms with E-state index in [9.17, 15) is 9.18 Å². The van der Waals surface area contributed by atoms with Crippen molar-refractivity contribution in [2.24, 2.45) is 0 Å². The molecule has 0 bridgehead atoms. The zero-order valence-corrected chi connectivity index (χ0v) is 15.5. The number of benzene rings is 1. The zero-order valence-electron chi connectivity index (χ0n) is 15.5. The molecule has 1 aromatic heterocycles. The minimum absolute atomic E-state index is 0.0261. The van der Waals surface area contributed by atoms with E-state index in [2.05, 4.69) is 16.9 Å². The van der Waals surface area contributed by atoms with Gasteiger partial charge in [-0.3, -0.25) is 4.79 Å². The molecule has 0 aliphatic carbocycles. The fourth-order valence-corrected chi connectivity index (χ4v) is 2.79. The summed E-state index contributed by atoms with van der Waals surface area (Å²) in [6.45, 7) is 13.6. The molecule has 0 fully saturated rings. The molecule has 2 rings (SSSR count). The van der Waals surface area contributed by atoms with Crippen molar-refractivity contribution < 1.29 is 9.18 Å². The first-order chi connectivity index (χ1) is 11.7. The van der Waals surface area contributed by atoms with Crippen molar-refractivity contribution in [3.05, 3.63) is 64.2 Å². The van der Waals surface area contributed by atoms with E-state index in [1.807, 2.05) is 40.7 Å². The summed E-state index contributed by atoms with van der Waals surface area (Å²) in [7, 11) is 0. The van der Waals surface area contributed by atoms with Gasteiger partial charge in [-0.2, -0.15) is 0 Å². The van der Waals surface area contributed by atoms with Crippen LogP contribution in [0.4, 0.5) is 10.1 Å². The fourth-order valence-electron chi connectivity index (χ4n) is 2.79. The molecule has 1 heterocycles. The van der Waals surface area contributed by atoms with E-state index < -0.39 is 0 Å². The second-order valence-corrected chi connectivity index (χ2v) is 6.36. The van der Waals surface area contributed by atoms with Gasteiger partial charge in [-0.25, -0.2) is 4.39 Å². The van der Waals surface area contributed by atoms with Gasteiger partial charge in [0.25, 0.3) is 0 Å². The van der Waals surface area contributed by atoms with Gasteiger partial charge in [0.15, 0.2) is 0 Å². The highest BCUT2D eigenvalue weighted by Crippen LogP contribution is 2.31. The van der Waals surface area contributed by atoms with Crippen LogP contribution in [0.25, 0.3) is 11.6 Å². The van der Waals surface area contributed by atoms with Crippen LogP contribution >= 0.6 is 0 Å². The number of anilines is 1. The van der Waals surface area contributed by atoms with Gasteiger partial charge in [-0.1, -0.05) is 25.1 Å². The summed E-state index contributed by atoms with van der Waals surface area (Å²) in [4.78, 5) is 15.0. The third kappa shape index (κ3) is 4.08. The lowest BCUT2D eigenvalue weighted by Crippen LogP contribution is -2.10. The number of H-pyrrole nitrogens is 1. The summed E-state index contributed by atoms with van der Waals surface area (Å²) in [6.07, 6.45) is 2.39. The predicted molar refractivity (Wildman–Crippen MR) is 103 cm³/mol. The molecule has 0 unspecified atom stereocenters. The Labute approximate surface area is 148 Å². The first kappa shape index (κ1) is 18.7. The summed E-state index contributed by atoms with van der Waals surface area (Å²) in [6, 6.07) is 4.75. The summed E-state index contributed by atoms with van der Waals surface area (Å²) < 4.78 is 13.7. The maximum atomic E-state index is 13.7. The third-order valence-corrected chi connectivity index (χ3v) is 4.30. The van der Waals surface area contributed by atoms with Gasteiger partial charge in [0.1, 0.15) is 5.82 Å². The molecule has 0 aliphatic rings. The number of hydrogen-bond acceptors (Lipinski definition) is 1. The van der Waals surface area contributed by atoms with Gasteiger partial charge in [0.2, 0.25) is 5.91 Å². The maximum Gasteiger partial charge on any atom is 0.224 e. The highest BCUT2D eigenvalue weighted by atomic mass is 19.1. The molecule has 3 nitrogen and oxygen atoms in total. The number of hydrogen-bond donors (Lipinski definition) is 2. The lowest BCUT2D eigenvalue weighted by atomic mass is 9.94. The van der Waals surface area contributed by atoms with Crippen LogP contribution in [0, 0.1) is 26.6 Å². The Morgan fingerprint density at radius 2 is 2.00 bits per heavy atom. The van der Waals surface area contributed by atoms with Crippen LogP contribution in [0.2, 0.25) is 0 Å². The summed E-state index contributed by atoms with van der Waals surface area (Å²) >= 11 is 0. The second kappa shape index (κ2) is 7.51. The number of aryl methyl sites for hydroxylation is 2. The molecule has 0 saturated carbocycles. The predicted octanol–water partition coefficient (Wildman–Crippen LogP) is 5.54. The number of carbonyl (C=O) groups is 1. The van der Waals surface area contributed by atoms with Crippen molar-refractivity contribution in [3.63, 3.8) is 0 Å². The summed E-state index contributed by atoms with van der Waals surface area (Å²) in [5.74, 6) is -0.301. The molecule has 0 aliphatic heterocycles. The van der Waals surface area contributed by atoms with Gasteiger partial charge < -0.3 is 10.3 Å². The molecule has 4 heteroatoms. The minimum Gasteiger partial charge on any atom is -0.357 e. The third-order valence-electron chi connectivity index (χ3n) is 4.30. The van der Waals surface area contributed by atoms with E-state index in [-0.39, 0.29) is 11.7 Å². The largest absolute Gasteiger partial charge is 0.357 e. The van der Waals surface area contributed by atoms with Gasteiger partial charge in [-0.05, 0) is 68.2 Å². The molecule has 0 saturated heterocycles. The Hall–Kier alpha value is -2.62. The van der Waals surface area contributed by atoms with Crippen LogP contribution in [-0.2, 0) is 4.79 Å². The quantitative estimate of drug-likeness (QED) is 0.689. The highest BCUT2D eigenvalue weighted by Gasteiger charge is 2.14. The van der Waals surface area contributed by atoms with Crippen molar-refractivity contribution in [3.8, 4) is 0 Å². The van der Waals surface area contributed by atoms with Crippen LogP contribution in [0.5, 0.6) is 0 Å². The van der Waals surface area contributed by atoms with E-state index in [0.29, 0.717) is 6.42 Å². The standard InChI is InChI=1S/C21H25FN2O/c1-7-20(25)24-21-14(5)19(23-15(21)6)11-17(12(2)3)18-10-16(22)9-8-13(18)4/h8-11,23H,2,7H2,1,3-6H3,(H,24,25)/b17-11+. The lowest BCUT2D eigenvalue weighted by Gasteiger charge is -2.11. The van der Waals surface area contributed by atoms with E-state index >= 15 is 0 Å². The molecule has 0 radical (unpaired) electrons. The van der Waals surface area contributed by atoms with Crippen molar-refractivity contribution in [2.75, 3.05) is 5.32 Å². The van der Waals surface area contributed by atoms with Gasteiger partial charge in [0, 0.05) is 17.8 Å². The average Bonchev–Trinajstić information content (AvgIpc) is 2.82. The second-order valence-electron chi connectivity index (χ2n) is 6.36. The molecular formula is C21H25FN2O. The molecule has 0 spiro atoms. The van der Waals surface area contributed by atoms with Gasteiger partial charge >= 0.3 is 0 Å². The number of aromatic amines is 1. The number of aromatic nitrogens is 1. The minimum atomic E-state index is -0.275. The van der Waals surface area contributed by atoms with Crippen molar-refractivity contribution in [1.82, 2.24) is 4.98 Å². The van der Waals surface area contributed by atoms with Crippen molar-refractivity contribution in [2.45, 2.75) is 41.0 Å². The highest BCUT2D eigenvalue weighted by molar-refractivity contribution is 5.95. The fraction of sp³-hybridized carbons (Fsp3) is 0.286. The SMILES string of the molecule is C=C(C)/C(=C\c1[nH]c(C)c(NC(=O)CC)c1C)c1cc(F)ccc1C. The van der Waals surface area contributed by atoms with E-state index in [4.69, 9.17) is 0 Å². The Bertz CT molecular complexity index is 859. The topological polar surface area (TPSA) is 44.9 Å². The van der Waals surface area contributed by atoms with E-state index in [0.717, 1.165) is 44.9 Å². The smallest absolute Gasteiger partial charge is 0.224 e. The Morgan fingerprint density at radius 1 is 1.32 bits per heavy atom. The summed E-state index contributed by atoms with van der Waals surface area (Å²) in [5.41, 5.74) is 7.04. The number of allylic oxidation sites excluding steroid dienone is 2. The number of nitrogens with one attached hydrogen (secondary N) is 2. The van der Waals surface area contributed by atoms with Gasteiger partial charge in [-0.15, -0.1) is 0 Å². The first-order valence-corrected chi connectivity index (χ1v) is 8.37.